The molecule has 0 aliphatic rings. The summed E-state index contributed by atoms with van der Waals surface area (Å²) >= 11 is 0. The van der Waals surface area contributed by atoms with Gasteiger partial charge in [-0.15, -0.1) is 0 Å². The molecule has 0 saturated heterocycles. The second-order valence-corrected chi connectivity index (χ2v) is 4.14. The second-order valence-electron chi connectivity index (χ2n) is 4.14. The number of nitrogens with one attached hydrogen (secondary N) is 2. The van der Waals surface area contributed by atoms with Crippen molar-refractivity contribution in [1.29, 1.82) is 0 Å². The lowest BCUT2D eigenvalue weighted by molar-refractivity contribution is 0.251. The molecule has 7 nitrogen and oxygen atoms in total. The van der Waals surface area contributed by atoms with Crippen molar-refractivity contribution in [1.82, 2.24) is 25.3 Å². The van der Waals surface area contributed by atoms with E-state index in [0.717, 1.165) is 5.56 Å². The van der Waals surface area contributed by atoms with Crippen molar-refractivity contribution in [2.24, 2.45) is 0 Å². The van der Waals surface area contributed by atoms with E-state index in [1.165, 1.54) is 10.9 Å². The molecule has 2 amide bonds. The third kappa shape index (κ3) is 3.74. The Bertz CT molecular complexity index is 585. The molecule has 20 heavy (non-hydrogen) atoms. The van der Waals surface area contributed by atoms with E-state index >= 15 is 0 Å². The first-order chi connectivity index (χ1) is 9.69. The van der Waals surface area contributed by atoms with Crippen LogP contribution in [0.15, 0.2) is 24.7 Å². The summed E-state index contributed by atoms with van der Waals surface area (Å²) in [6, 6.07) is 1.32. The van der Waals surface area contributed by atoms with Gasteiger partial charge in [0.1, 0.15) is 6.67 Å². The number of alkyl halides is 1. The number of amides is 2. The van der Waals surface area contributed by atoms with Crippen LogP contribution in [0.1, 0.15) is 11.3 Å². The van der Waals surface area contributed by atoms with Crippen LogP contribution >= 0.6 is 0 Å². The molecule has 0 bridgehead atoms. The maximum absolute atomic E-state index is 12.1. The fourth-order valence-electron chi connectivity index (χ4n) is 1.59. The molecule has 2 N–H and O–H groups in total. The first kappa shape index (κ1) is 13.9. The molecule has 2 aromatic heterocycles. The average Bonchev–Trinajstić information content (AvgIpc) is 2.87. The molecule has 0 aliphatic heterocycles. The molecule has 0 spiro atoms. The van der Waals surface area contributed by atoms with E-state index in [0.29, 0.717) is 17.9 Å². The zero-order valence-electron chi connectivity index (χ0n) is 11.0. The topological polar surface area (TPSA) is 84.7 Å². The van der Waals surface area contributed by atoms with Crippen LogP contribution in [0.5, 0.6) is 0 Å². The number of aryl methyl sites for hydroxylation is 2. The summed E-state index contributed by atoms with van der Waals surface area (Å²) in [4.78, 5) is 11.7. The molecule has 106 valence electrons. The van der Waals surface area contributed by atoms with Crippen molar-refractivity contribution in [3.05, 3.63) is 35.9 Å². The van der Waals surface area contributed by atoms with Gasteiger partial charge in [0.05, 0.1) is 30.3 Å². The number of urea groups is 1. The predicted molar refractivity (Wildman–Crippen MR) is 70.8 cm³/mol. The number of aromatic nitrogens is 4. The highest BCUT2D eigenvalue weighted by molar-refractivity contribution is 5.89. The Hall–Kier alpha value is -2.51. The van der Waals surface area contributed by atoms with E-state index in [4.69, 9.17) is 0 Å². The number of nitrogens with zero attached hydrogens (tertiary/aromatic N) is 4. The Morgan fingerprint density at radius 2 is 2.35 bits per heavy atom. The Kier molecular flexibility index (Phi) is 4.59. The van der Waals surface area contributed by atoms with Crippen LogP contribution in [0.4, 0.5) is 14.9 Å². The Labute approximate surface area is 115 Å². The van der Waals surface area contributed by atoms with E-state index in [2.05, 4.69) is 25.9 Å². The summed E-state index contributed by atoms with van der Waals surface area (Å²) in [5.74, 6) is 0. The third-order valence-corrected chi connectivity index (χ3v) is 2.61. The molecule has 0 radical (unpaired) electrons. The van der Waals surface area contributed by atoms with Gasteiger partial charge < -0.3 is 10.6 Å². The number of hydrogen-bond donors (Lipinski definition) is 2. The summed E-state index contributed by atoms with van der Waals surface area (Å²) in [5, 5.41) is 16.9. The van der Waals surface area contributed by atoms with Gasteiger partial charge in [0.15, 0.2) is 0 Å². The number of carbonyl (C=O) groups excluding carboxylic acids is 1. The molecule has 0 aromatic carbocycles. The predicted octanol–water partition coefficient (Wildman–Crippen LogP) is 1.27. The zero-order chi connectivity index (χ0) is 14.4. The average molecular weight is 278 g/mol. The zero-order valence-corrected chi connectivity index (χ0v) is 11.0. The van der Waals surface area contributed by atoms with Crippen molar-refractivity contribution in [2.75, 3.05) is 12.0 Å². The Morgan fingerprint density at radius 1 is 1.50 bits per heavy atom. The van der Waals surface area contributed by atoms with E-state index in [1.54, 1.807) is 25.4 Å². The van der Waals surface area contributed by atoms with Crippen LogP contribution in [0.3, 0.4) is 0 Å². The highest BCUT2D eigenvalue weighted by Gasteiger charge is 2.05. The van der Waals surface area contributed by atoms with Gasteiger partial charge in [0.25, 0.3) is 0 Å². The lowest BCUT2D eigenvalue weighted by Crippen LogP contribution is -2.28. The maximum Gasteiger partial charge on any atom is 0.319 e. The minimum Gasteiger partial charge on any atom is -0.334 e. The van der Waals surface area contributed by atoms with E-state index in [9.17, 15) is 9.18 Å². The van der Waals surface area contributed by atoms with E-state index in [-0.39, 0.29) is 12.6 Å². The quantitative estimate of drug-likeness (QED) is 0.862. The molecule has 0 unspecified atom stereocenters. The largest absolute Gasteiger partial charge is 0.334 e. The number of anilines is 1. The lowest BCUT2D eigenvalue weighted by atomic mass is 10.3. The molecule has 2 aromatic rings. The van der Waals surface area contributed by atoms with E-state index < -0.39 is 6.67 Å². The standard InChI is InChI=1S/C12H15FN6O/c1-9-11(2-4-15-18-9)17-12(20)14-6-10-7-16-19(8-10)5-3-13/h2,4,7-8H,3,5-6H2,1H3,(H2,14,15,17,20). The molecule has 2 rings (SSSR count). The second kappa shape index (κ2) is 6.60. The summed E-state index contributed by atoms with van der Waals surface area (Å²) in [6.07, 6.45) is 4.79. The summed E-state index contributed by atoms with van der Waals surface area (Å²) in [6.45, 7) is 1.82. The normalized spacial score (nSPS) is 10.3. The molecule has 0 fully saturated rings. The minimum atomic E-state index is -0.469. The molecule has 0 aliphatic carbocycles. The van der Waals surface area contributed by atoms with Gasteiger partial charge in [0, 0.05) is 18.3 Å². The van der Waals surface area contributed by atoms with Gasteiger partial charge in [-0.05, 0) is 13.0 Å². The monoisotopic (exact) mass is 278 g/mol. The SMILES string of the molecule is Cc1nnccc1NC(=O)NCc1cnn(CCF)c1. The van der Waals surface area contributed by atoms with Crippen LogP contribution in [-0.4, -0.2) is 32.7 Å². The molecular formula is C12H15FN6O. The number of carbonyl (C=O) groups is 1. The van der Waals surface area contributed by atoms with Gasteiger partial charge in [-0.1, -0.05) is 0 Å². The maximum atomic E-state index is 12.1. The van der Waals surface area contributed by atoms with Gasteiger partial charge in [-0.3, -0.25) is 4.68 Å². The summed E-state index contributed by atoms with van der Waals surface area (Å²) in [7, 11) is 0. The smallest absolute Gasteiger partial charge is 0.319 e. The summed E-state index contributed by atoms with van der Waals surface area (Å²) < 4.78 is 13.6. The van der Waals surface area contributed by atoms with Crippen molar-refractivity contribution in [2.45, 2.75) is 20.0 Å². The Morgan fingerprint density at radius 3 is 3.10 bits per heavy atom. The van der Waals surface area contributed by atoms with Crippen molar-refractivity contribution in [3.8, 4) is 0 Å². The molecule has 2 heterocycles. The molecular weight excluding hydrogens is 263 g/mol. The third-order valence-electron chi connectivity index (χ3n) is 2.61. The minimum absolute atomic E-state index is 0.216. The first-order valence-electron chi connectivity index (χ1n) is 6.09. The van der Waals surface area contributed by atoms with Crippen molar-refractivity contribution < 1.29 is 9.18 Å². The van der Waals surface area contributed by atoms with Crippen molar-refractivity contribution >= 4 is 11.7 Å². The lowest BCUT2D eigenvalue weighted by Gasteiger charge is -2.07. The van der Waals surface area contributed by atoms with Crippen LogP contribution in [0.25, 0.3) is 0 Å². The summed E-state index contributed by atoms with van der Waals surface area (Å²) in [5.41, 5.74) is 2.04. The highest BCUT2D eigenvalue weighted by Crippen LogP contribution is 2.08. The molecule has 0 saturated carbocycles. The van der Waals surface area contributed by atoms with Crippen molar-refractivity contribution in [3.63, 3.8) is 0 Å². The number of halogens is 1. The van der Waals surface area contributed by atoms with Crippen LogP contribution in [-0.2, 0) is 13.1 Å². The fourth-order valence-corrected chi connectivity index (χ4v) is 1.59. The van der Waals surface area contributed by atoms with Gasteiger partial charge in [-0.25, -0.2) is 9.18 Å². The Balaban J connectivity index is 1.84. The highest BCUT2D eigenvalue weighted by atomic mass is 19.1. The molecule has 8 heteroatoms. The van der Waals surface area contributed by atoms with E-state index in [1.807, 2.05) is 0 Å². The van der Waals surface area contributed by atoms with Gasteiger partial charge in [-0.2, -0.15) is 15.3 Å². The van der Waals surface area contributed by atoms with Gasteiger partial charge >= 0.3 is 6.03 Å². The first-order valence-corrected chi connectivity index (χ1v) is 6.09. The molecule has 0 atom stereocenters. The van der Waals surface area contributed by atoms with Gasteiger partial charge in [0.2, 0.25) is 0 Å². The van der Waals surface area contributed by atoms with Crippen LogP contribution in [0.2, 0.25) is 0 Å². The van der Waals surface area contributed by atoms with Crippen LogP contribution < -0.4 is 10.6 Å². The fraction of sp³-hybridized carbons (Fsp3) is 0.333. The number of hydrogen-bond acceptors (Lipinski definition) is 4. The number of rotatable bonds is 5. The van der Waals surface area contributed by atoms with Crippen LogP contribution in [0, 0.1) is 6.92 Å².